The fraction of sp³-hybridized carbons (Fsp3) is 0.308. The molecular formula is C13H13F3N2O2. The molecule has 1 atom stereocenters. The van der Waals surface area contributed by atoms with Crippen LogP contribution in [0.5, 0.6) is 0 Å². The number of nitrogens with one attached hydrogen (secondary N) is 1. The molecular weight excluding hydrogens is 273 g/mol. The molecule has 0 saturated heterocycles. The van der Waals surface area contributed by atoms with Gasteiger partial charge in [0.05, 0.1) is 11.3 Å². The molecule has 1 aliphatic heterocycles. The predicted molar refractivity (Wildman–Crippen MR) is 67.1 cm³/mol. The number of alkyl halides is 3. The third-order valence-electron chi connectivity index (χ3n) is 2.88. The Morgan fingerprint density at radius 2 is 1.80 bits per heavy atom. The molecule has 1 unspecified atom stereocenters. The summed E-state index contributed by atoms with van der Waals surface area (Å²) in [4.78, 5) is 0. The van der Waals surface area contributed by atoms with E-state index in [1.54, 1.807) is 0 Å². The average molecular weight is 286 g/mol. The van der Waals surface area contributed by atoms with E-state index < -0.39 is 18.0 Å². The van der Waals surface area contributed by atoms with Crippen LogP contribution in [0.2, 0.25) is 0 Å². The van der Waals surface area contributed by atoms with Crippen LogP contribution < -0.4 is 5.43 Å². The molecule has 20 heavy (non-hydrogen) atoms. The van der Waals surface area contributed by atoms with Gasteiger partial charge in [-0.1, -0.05) is 12.1 Å². The van der Waals surface area contributed by atoms with Crippen LogP contribution in [0.15, 0.2) is 41.2 Å². The van der Waals surface area contributed by atoms with Crippen molar-refractivity contribution >= 4 is 5.71 Å². The maximum atomic E-state index is 12.4. The average Bonchev–Trinajstić information content (AvgIpc) is 2.40. The van der Waals surface area contributed by atoms with Crippen LogP contribution in [0.1, 0.15) is 17.5 Å². The van der Waals surface area contributed by atoms with E-state index in [-0.39, 0.29) is 5.76 Å². The van der Waals surface area contributed by atoms with Crippen LogP contribution in [0, 0.1) is 0 Å². The molecule has 7 heteroatoms. The third kappa shape index (κ3) is 3.51. The Balaban J connectivity index is 1.95. The molecule has 3 N–H and O–H groups in total. The summed E-state index contributed by atoms with van der Waals surface area (Å²) in [7, 11) is 0. The number of hydrogen-bond donors (Lipinski definition) is 3. The minimum atomic E-state index is -4.33. The molecule has 0 spiro atoms. The molecule has 1 heterocycles. The van der Waals surface area contributed by atoms with Gasteiger partial charge >= 0.3 is 6.18 Å². The van der Waals surface area contributed by atoms with E-state index in [2.05, 4.69) is 10.5 Å². The first-order valence-corrected chi connectivity index (χ1v) is 5.93. The van der Waals surface area contributed by atoms with Crippen molar-refractivity contribution in [3.05, 3.63) is 47.2 Å². The summed E-state index contributed by atoms with van der Waals surface area (Å²) in [6.07, 6.45) is -3.27. The number of aliphatic hydroxyl groups excluding tert-OH is 2. The largest absolute Gasteiger partial charge is 0.507 e. The molecule has 0 saturated carbocycles. The molecule has 1 aromatic carbocycles. The van der Waals surface area contributed by atoms with Crippen LogP contribution in [0.25, 0.3) is 0 Å². The molecule has 0 aliphatic carbocycles. The second kappa shape index (κ2) is 5.54. The van der Waals surface area contributed by atoms with Crippen LogP contribution in [0.3, 0.4) is 0 Å². The van der Waals surface area contributed by atoms with E-state index in [1.807, 2.05) is 0 Å². The first kappa shape index (κ1) is 14.4. The van der Waals surface area contributed by atoms with Gasteiger partial charge < -0.3 is 10.2 Å². The zero-order valence-electron chi connectivity index (χ0n) is 10.4. The zero-order chi connectivity index (χ0) is 14.8. The highest BCUT2D eigenvalue weighted by Crippen LogP contribution is 2.29. The molecule has 0 amide bonds. The van der Waals surface area contributed by atoms with Crippen molar-refractivity contribution in [2.45, 2.75) is 25.2 Å². The Morgan fingerprint density at radius 1 is 1.15 bits per heavy atom. The lowest BCUT2D eigenvalue weighted by atomic mass is 10.0. The van der Waals surface area contributed by atoms with Gasteiger partial charge in [-0.15, -0.1) is 0 Å². The van der Waals surface area contributed by atoms with Crippen LogP contribution >= 0.6 is 0 Å². The second-order valence-corrected chi connectivity index (χ2v) is 4.40. The Kier molecular flexibility index (Phi) is 3.99. The molecule has 0 radical (unpaired) electrons. The van der Waals surface area contributed by atoms with Crippen LogP contribution in [-0.4, -0.2) is 22.2 Å². The molecule has 108 valence electrons. The molecule has 0 bridgehead atoms. The highest BCUT2D eigenvalue weighted by atomic mass is 19.4. The SMILES string of the molecule is OC1=CC(CCc2ccc(C(F)(F)F)cc2)=NNC1O. The first-order chi connectivity index (χ1) is 9.36. The summed E-state index contributed by atoms with van der Waals surface area (Å²) in [6.45, 7) is 0. The lowest BCUT2D eigenvalue weighted by Gasteiger charge is -2.15. The van der Waals surface area contributed by atoms with E-state index >= 15 is 0 Å². The zero-order valence-corrected chi connectivity index (χ0v) is 10.4. The monoisotopic (exact) mass is 286 g/mol. The van der Waals surface area contributed by atoms with Gasteiger partial charge in [-0.2, -0.15) is 18.3 Å². The van der Waals surface area contributed by atoms with E-state index in [0.29, 0.717) is 18.6 Å². The summed E-state index contributed by atoms with van der Waals surface area (Å²) < 4.78 is 37.2. The topological polar surface area (TPSA) is 64.9 Å². The number of allylic oxidation sites excluding steroid dienone is 1. The van der Waals surface area contributed by atoms with Crippen molar-refractivity contribution in [1.82, 2.24) is 5.43 Å². The molecule has 2 rings (SSSR count). The Hall–Kier alpha value is -2.02. The number of aryl methyl sites for hydroxylation is 1. The van der Waals surface area contributed by atoms with E-state index in [9.17, 15) is 18.3 Å². The van der Waals surface area contributed by atoms with E-state index in [4.69, 9.17) is 5.11 Å². The molecule has 0 fully saturated rings. The smallest absolute Gasteiger partial charge is 0.416 e. The van der Waals surface area contributed by atoms with Crippen molar-refractivity contribution < 1.29 is 23.4 Å². The van der Waals surface area contributed by atoms with Gasteiger partial charge in [-0.25, -0.2) is 0 Å². The predicted octanol–water partition coefficient (Wildman–Crippen LogP) is 2.36. The summed E-state index contributed by atoms with van der Waals surface area (Å²) in [6, 6.07) is 4.90. The molecule has 4 nitrogen and oxygen atoms in total. The quantitative estimate of drug-likeness (QED) is 0.799. The van der Waals surface area contributed by atoms with Gasteiger partial charge in [0.15, 0.2) is 6.23 Å². The summed E-state index contributed by atoms with van der Waals surface area (Å²) in [5, 5.41) is 22.3. The highest BCUT2D eigenvalue weighted by molar-refractivity contribution is 5.95. The lowest BCUT2D eigenvalue weighted by molar-refractivity contribution is -0.137. The number of rotatable bonds is 3. The van der Waals surface area contributed by atoms with Crippen molar-refractivity contribution in [3.8, 4) is 0 Å². The van der Waals surface area contributed by atoms with Gasteiger partial charge in [-0.05, 0) is 30.5 Å². The highest BCUT2D eigenvalue weighted by Gasteiger charge is 2.29. The van der Waals surface area contributed by atoms with Crippen molar-refractivity contribution in [2.75, 3.05) is 0 Å². The Bertz CT molecular complexity index is 536. The summed E-state index contributed by atoms with van der Waals surface area (Å²) in [5.41, 5.74) is 2.90. The summed E-state index contributed by atoms with van der Waals surface area (Å²) >= 11 is 0. The minimum absolute atomic E-state index is 0.234. The number of halogens is 3. The molecule has 0 aromatic heterocycles. The van der Waals surface area contributed by atoms with E-state index in [0.717, 1.165) is 17.7 Å². The number of hydrazone groups is 1. The normalized spacial score (nSPS) is 19.1. The van der Waals surface area contributed by atoms with Crippen molar-refractivity contribution in [2.24, 2.45) is 5.10 Å². The van der Waals surface area contributed by atoms with Gasteiger partial charge in [0.25, 0.3) is 0 Å². The van der Waals surface area contributed by atoms with Crippen molar-refractivity contribution in [3.63, 3.8) is 0 Å². The maximum Gasteiger partial charge on any atom is 0.416 e. The molecule has 1 aliphatic rings. The second-order valence-electron chi connectivity index (χ2n) is 4.40. The fourth-order valence-electron chi connectivity index (χ4n) is 1.75. The fourth-order valence-corrected chi connectivity index (χ4v) is 1.75. The Labute approximate surface area is 113 Å². The maximum absolute atomic E-state index is 12.4. The third-order valence-corrected chi connectivity index (χ3v) is 2.88. The molecule has 1 aromatic rings. The van der Waals surface area contributed by atoms with Crippen molar-refractivity contribution in [1.29, 1.82) is 0 Å². The van der Waals surface area contributed by atoms with Crippen LogP contribution in [0.4, 0.5) is 13.2 Å². The van der Waals surface area contributed by atoms with Gasteiger partial charge in [-0.3, -0.25) is 5.43 Å². The van der Waals surface area contributed by atoms with Gasteiger partial charge in [0, 0.05) is 6.08 Å². The Morgan fingerprint density at radius 3 is 2.35 bits per heavy atom. The summed E-state index contributed by atoms with van der Waals surface area (Å²) in [5.74, 6) is -0.234. The standard InChI is InChI=1S/C13H13F3N2O2/c14-13(15,16)9-4-1-8(2-5-9)3-6-10-7-11(19)12(20)18-17-10/h1-2,4-5,7,12,18-20H,3,6H2. The lowest BCUT2D eigenvalue weighted by Crippen LogP contribution is -2.31. The number of aliphatic hydroxyl groups is 2. The van der Waals surface area contributed by atoms with Gasteiger partial charge in [0.2, 0.25) is 0 Å². The number of nitrogens with zero attached hydrogens (tertiary/aromatic N) is 1. The van der Waals surface area contributed by atoms with E-state index in [1.165, 1.54) is 18.2 Å². The van der Waals surface area contributed by atoms with Crippen LogP contribution in [-0.2, 0) is 12.6 Å². The number of benzene rings is 1. The minimum Gasteiger partial charge on any atom is -0.507 e. The first-order valence-electron chi connectivity index (χ1n) is 5.93. The number of hydrogen-bond acceptors (Lipinski definition) is 4. The van der Waals surface area contributed by atoms with Gasteiger partial charge in [0.1, 0.15) is 5.76 Å².